The normalized spacial score (nSPS) is 10.7. The van der Waals surface area contributed by atoms with Crippen molar-refractivity contribution >= 4 is 52.1 Å². The monoisotopic (exact) mass is 407 g/mol. The topological polar surface area (TPSA) is 73.7 Å². The highest BCUT2D eigenvalue weighted by Gasteiger charge is 2.31. The van der Waals surface area contributed by atoms with Crippen LogP contribution in [-0.4, -0.2) is 36.2 Å². The summed E-state index contributed by atoms with van der Waals surface area (Å²) in [6, 6.07) is 10.5. The summed E-state index contributed by atoms with van der Waals surface area (Å²) in [6.07, 6.45) is -1.77. The van der Waals surface area contributed by atoms with Crippen LogP contribution in [-0.2, 0) is 16.5 Å². The van der Waals surface area contributed by atoms with Crippen LogP contribution in [0.25, 0.3) is 22.0 Å². The lowest BCUT2D eigenvalue weighted by Crippen LogP contribution is -2.38. The number of carbonyl (C=O) groups is 2. The van der Waals surface area contributed by atoms with E-state index in [0.29, 0.717) is 20.9 Å². The first-order valence-corrected chi connectivity index (χ1v) is 8.51. The van der Waals surface area contributed by atoms with Gasteiger partial charge in [-0.15, -0.1) is 0 Å². The molecule has 0 aliphatic carbocycles. The standard InChI is InChI=1S/C18H15Cl2N3O4/c1-22-16(23(17(24)26-2)18(25)27-3)13-6-4-5-12(15(13)21-22)11-8-7-10(19)9-14(11)20/h4-9H,1-3H3. The van der Waals surface area contributed by atoms with E-state index in [1.807, 2.05) is 6.07 Å². The Bertz CT molecular complexity index is 1030. The highest BCUT2D eigenvalue weighted by Crippen LogP contribution is 2.37. The maximum atomic E-state index is 12.2. The van der Waals surface area contributed by atoms with E-state index in [2.05, 4.69) is 5.10 Å². The Kier molecular flexibility index (Phi) is 5.25. The molecule has 0 radical (unpaired) electrons. The number of imide groups is 1. The molecule has 1 heterocycles. The summed E-state index contributed by atoms with van der Waals surface area (Å²) in [4.78, 5) is 25.1. The van der Waals surface area contributed by atoms with E-state index in [0.717, 1.165) is 16.0 Å². The lowest BCUT2D eigenvalue weighted by Gasteiger charge is -2.18. The molecule has 3 rings (SSSR count). The number of hydrogen-bond donors (Lipinski definition) is 0. The van der Waals surface area contributed by atoms with Gasteiger partial charge in [0.1, 0.15) is 5.52 Å². The van der Waals surface area contributed by atoms with Gasteiger partial charge in [0, 0.05) is 33.6 Å². The summed E-state index contributed by atoms with van der Waals surface area (Å²) in [5.41, 5.74) is 2.00. The number of anilines is 1. The lowest BCUT2D eigenvalue weighted by molar-refractivity contribution is 0.159. The predicted molar refractivity (Wildman–Crippen MR) is 103 cm³/mol. The summed E-state index contributed by atoms with van der Waals surface area (Å²) in [7, 11) is 3.97. The van der Waals surface area contributed by atoms with Crippen molar-refractivity contribution in [3.63, 3.8) is 0 Å². The first-order chi connectivity index (χ1) is 12.9. The molecule has 0 spiro atoms. The van der Waals surface area contributed by atoms with Crippen molar-refractivity contribution in [3.05, 3.63) is 46.4 Å². The van der Waals surface area contributed by atoms with Crippen molar-refractivity contribution in [3.8, 4) is 11.1 Å². The number of fused-ring (bicyclic) bond motifs is 1. The number of methoxy groups -OCH3 is 2. The molecule has 140 valence electrons. The van der Waals surface area contributed by atoms with Crippen LogP contribution >= 0.6 is 23.2 Å². The van der Waals surface area contributed by atoms with Crippen LogP contribution in [0, 0.1) is 0 Å². The van der Waals surface area contributed by atoms with E-state index in [4.69, 9.17) is 32.7 Å². The Morgan fingerprint density at radius 1 is 1.04 bits per heavy atom. The molecule has 2 amide bonds. The molecule has 0 unspecified atom stereocenters. The van der Waals surface area contributed by atoms with Crippen molar-refractivity contribution in [2.24, 2.45) is 7.05 Å². The first kappa shape index (κ1) is 19.0. The van der Waals surface area contributed by atoms with Crippen molar-refractivity contribution in [1.82, 2.24) is 9.78 Å². The van der Waals surface area contributed by atoms with Gasteiger partial charge in [-0.3, -0.25) is 4.68 Å². The molecule has 0 N–H and O–H groups in total. The molecule has 0 fully saturated rings. The number of halogens is 2. The molecular weight excluding hydrogens is 393 g/mol. The average molecular weight is 408 g/mol. The quantitative estimate of drug-likeness (QED) is 0.604. The molecule has 9 heteroatoms. The Balaban J connectivity index is 2.27. The zero-order chi connectivity index (χ0) is 19.7. The van der Waals surface area contributed by atoms with E-state index in [9.17, 15) is 9.59 Å². The molecule has 0 atom stereocenters. The van der Waals surface area contributed by atoms with Crippen molar-refractivity contribution in [2.45, 2.75) is 0 Å². The third kappa shape index (κ3) is 3.31. The second-order valence-corrected chi connectivity index (χ2v) is 6.39. The number of aryl methyl sites for hydroxylation is 1. The van der Waals surface area contributed by atoms with Gasteiger partial charge in [-0.25, -0.2) is 9.59 Å². The minimum atomic E-state index is -0.887. The molecule has 27 heavy (non-hydrogen) atoms. The molecule has 1 aromatic heterocycles. The van der Waals surface area contributed by atoms with E-state index < -0.39 is 12.2 Å². The number of carbonyl (C=O) groups excluding carboxylic acids is 2. The molecule has 7 nitrogen and oxygen atoms in total. The van der Waals surface area contributed by atoms with Crippen LogP contribution in [0.2, 0.25) is 10.0 Å². The minimum Gasteiger partial charge on any atom is -0.452 e. The fourth-order valence-electron chi connectivity index (χ4n) is 2.82. The number of aromatic nitrogens is 2. The number of nitrogens with zero attached hydrogens (tertiary/aromatic N) is 3. The number of benzene rings is 2. The molecule has 2 aromatic carbocycles. The fraction of sp³-hybridized carbons (Fsp3) is 0.167. The molecular formula is C18H15Cl2N3O4. The van der Waals surface area contributed by atoms with Crippen molar-refractivity contribution < 1.29 is 19.1 Å². The Morgan fingerprint density at radius 2 is 1.70 bits per heavy atom. The Labute approximate surface area is 165 Å². The number of hydrogen-bond acceptors (Lipinski definition) is 5. The molecule has 0 aliphatic rings. The van der Waals surface area contributed by atoms with E-state index in [1.165, 1.54) is 18.9 Å². The van der Waals surface area contributed by atoms with Crippen LogP contribution in [0.3, 0.4) is 0 Å². The summed E-state index contributed by atoms with van der Waals surface area (Å²) in [5, 5.41) is 6.00. The summed E-state index contributed by atoms with van der Waals surface area (Å²) in [6.45, 7) is 0. The van der Waals surface area contributed by atoms with Crippen LogP contribution in [0.1, 0.15) is 0 Å². The summed E-state index contributed by atoms with van der Waals surface area (Å²) >= 11 is 12.3. The number of ether oxygens (including phenoxy) is 2. The van der Waals surface area contributed by atoms with Gasteiger partial charge in [0.05, 0.1) is 14.2 Å². The van der Waals surface area contributed by atoms with Gasteiger partial charge in [-0.1, -0.05) is 41.4 Å². The second-order valence-electron chi connectivity index (χ2n) is 5.55. The van der Waals surface area contributed by atoms with E-state index in [-0.39, 0.29) is 5.82 Å². The molecule has 0 saturated carbocycles. The van der Waals surface area contributed by atoms with Gasteiger partial charge in [0.2, 0.25) is 0 Å². The van der Waals surface area contributed by atoms with Gasteiger partial charge in [0.15, 0.2) is 5.82 Å². The average Bonchev–Trinajstić information content (AvgIpc) is 2.98. The minimum absolute atomic E-state index is 0.218. The molecule has 3 aromatic rings. The largest absolute Gasteiger partial charge is 0.452 e. The van der Waals surface area contributed by atoms with Crippen LogP contribution in [0.5, 0.6) is 0 Å². The van der Waals surface area contributed by atoms with Crippen LogP contribution in [0.15, 0.2) is 36.4 Å². The van der Waals surface area contributed by atoms with Gasteiger partial charge in [-0.2, -0.15) is 10.00 Å². The number of rotatable bonds is 2. The van der Waals surface area contributed by atoms with Gasteiger partial charge in [-0.05, 0) is 18.2 Å². The van der Waals surface area contributed by atoms with Gasteiger partial charge < -0.3 is 9.47 Å². The summed E-state index contributed by atoms with van der Waals surface area (Å²) in [5.74, 6) is 0.218. The van der Waals surface area contributed by atoms with E-state index >= 15 is 0 Å². The fourth-order valence-corrected chi connectivity index (χ4v) is 3.33. The summed E-state index contributed by atoms with van der Waals surface area (Å²) < 4.78 is 10.8. The Hall–Kier alpha value is -2.77. The highest BCUT2D eigenvalue weighted by molar-refractivity contribution is 6.36. The SMILES string of the molecule is COC(=O)N(C(=O)OC)c1c2cccc(-c3ccc(Cl)cc3Cl)c2nn1C. The van der Waals surface area contributed by atoms with Gasteiger partial charge >= 0.3 is 12.2 Å². The lowest BCUT2D eigenvalue weighted by atomic mass is 10.0. The van der Waals surface area contributed by atoms with Crippen molar-refractivity contribution in [2.75, 3.05) is 19.1 Å². The smallest absolute Gasteiger partial charge is 0.425 e. The first-order valence-electron chi connectivity index (χ1n) is 7.76. The third-order valence-electron chi connectivity index (χ3n) is 3.98. The maximum Gasteiger partial charge on any atom is 0.425 e. The highest BCUT2D eigenvalue weighted by atomic mass is 35.5. The van der Waals surface area contributed by atoms with Crippen molar-refractivity contribution in [1.29, 1.82) is 0 Å². The van der Waals surface area contributed by atoms with Crippen LogP contribution < -0.4 is 4.90 Å². The molecule has 0 saturated heterocycles. The van der Waals surface area contributed by atoms with Crippen LogP contribution in [0.4, 0.5) is 15.4 Å². The third-order valence-corrected chi connectivity index (χ3v) is 4.53. The Morgan fingerprint density at radius 3 is 2.30 bits per heavy atom. The maximum absolute atomic E-state index is 12.2. The molecule has 0 aliphatic heterocycles. The van der Waals surface area contributed by atoms with E-state index in [1.54, 1.807) is 37.4 Å². The zero-order valence-electron chi connectivity index (χ0n) is 14.7. The second kappa shape index (κ2) is 7.46. The van der Waals surface area contributed by atoms with Gasteiger partial charge in [0.25, 0.3) is 0 Å². The molecule has 0 bridgehead atoms. The predicted octanol–water partition coefficient (Wildman–Crippen LogP) is 4.89. The zero-order valence-corrected chi connectivity index (χ0v) is 16.2. The number of amides is 2.